The summed E-state index contributed by atoms with van der Waals surface area (Å²) in [5.41, 5.74) is 11.4. The number of rotatable bonds is 4. The first kappa shape index (κ1) is 17.6. The Morgan fingerprint density at radius 1 is 1.26 bits per heavy atom. The minimum atomic E-state index is -0.457. The first-order chi connectivity index (χ1) is 12.8. The summed E-state index contributed by atoms with van der Waals surface area (Å²) in [6.07, 6.45) is 7.01. The minimum absolute atomic E-state index is 0.182. The highest BCUT2D eigenvalue weighted by atomic mass is 16.1. The molecule has 0 bridgehead atoms. The molecule has 0 radical (unpaired) electrons. The number of primary amides is 1. The molecule has 1 atom stereocenters. The summed E-state index contributed by atoms with van der Waals surface area (Å²) < 4.78 is 1.83. The zero-order valence-corrected chi connectivity index (χ0v) is 16.1. The van der Waals surface area contributed by atoms with Crippen molar-refractivity contribution < 1.29 is 4.79 Å². The number of hydrogen-bond acceptors (Lipinski definition) is 3. The van der Waals surface area contributed by atoms with Gasteiger partial charge in [0, 0.05) is 17.8 Å². The molecule has 5 nitrogen and oxygen atoms in total. The lowest BCUT2D eigenvalue weighted by atomic mass is 9.87. The summed E-state index contributed by atoms with van der Waals surface area (Å²) in [4.78, 5) is 12.0. The maximum absolute atomic E-state index is 12.0. The van der Waals surface area contributed by atoms with Gasteiger partial charge in [0.15, 0.2) is 0 Å². The first-order valence-electron chi connectivity index (χ1n) is 9.50. The molecule has 4 rings (SSSR count). The fourth-order valence-corrected chi connectivity index (χ4v) is 4.07. The lowest BCUT2D eigenvalue weighted by molar-refractivity contribution is 0.100. The number of hydrogen-bond donors (Lipinski definition) is 2. The molecule has 5 heteroatoms. The molecule has 2 heterocycles. The van der Waals surface area contributed by atoms with Gasteiger partial charge in [-0.1, -0.05) is 50.1 Å². The lowest BCUT2D eigenvalue weighted by Gasteiger charge is -2.29. The van der Waals surface area contributed by atoms with Gasteiger partial charge >= 0.3 is 0 Å². The van der Waals surface area contributed by atoms with Crippen LogP contribution in [0.4, 0.5) is 5.69 Å². The molecule has 27 heavy (non-hydrogen) atoms. The molecule has 3 N–H and O–H groups in total. The number of fused-ring (bicyclic) bond motifs is 1. The van der Waals surface area contributed by atoms with Gasteiger partial charge in [-0.2, -0.15) is 5.10 Å². The van der Waals surface area contributed by atoms with Crippen LogP contribution in [0.15, 0.2) is 42.7 Å². The number of aryl methyl sites for hydroxylation is 1. The predicted octanol–water partition coefficient (Wildman–Crippen LogP) is 4.40. The van der Waals surface area contributed by atoms with Crippen LogP contribution in [0.1, 0.15) is 49.0 Å². The van der Waals surface area contributed by atoms with E-state index in [-0.39, 0.29) is 5.41 Å². The zero-order chi connectivity index (χ0) is 19.2. The van der Waals surface area contributed by atoms with Gasteiger partial charge in [-0.25, -0.2) is 4.52 Å². The quantitative estimate of drug-likeness (QED) is 0.722. The Morgan fingerprint density at radius 3 is 2.63 bits per heavy atom. The van der Waals surface area contributed by atoms with Crippen LogP contribution in [0.2, 0.25) is 0 Å². The summed E-state index contributed by atoms with van der Waals surface area (Å²) in [5, 5.41) is 8.05. The monoisotopic (exact) mass is 362 g/mol. The van der Waals surface area contributed by atoms with E-state index in [1.54, 1.807) is 6.20 Å². The second kappa shape index (κ2) is 6.41. The third-order valence-electron chi connectivity index (χ3n) is 5.86. The molecule has 2 aromatic heterocycles. The van der Waals surface area contributed by atoms with Gasteiger partial charge < -0.3 is 11.1 Å². The van der Waals surface area contributed by atoms with Crippen molar-refractivity contribution in [1.29, 1.82) is 0 Å². The van der Waals surface area contributed by atoms with Crippen molar-refractivity contribution in [2.45, 2.75) is 46.1 Å². The second-order valence-electron chi connectivity index (χ2n) is 8.30. The summed E-state index contributed by atoms with van der Waals surface area (Å²) in [6, 6.07) is 10.8. The maximum Gasteiger partial charge on any atom is 0.252 e. The minimum Gasteiger partial charge on any atom is -0.379 e. The Labute approximate surface area is 159 Å². The molecule has 0 unspecified atom stereocenters. The van der Waals surface area contributed by atoms with E-state index in [1.807, 2.05) is 10.7 Å². The van der Waals surface area contributed by atoms with Crippen LogP contribution < -0.4 is 11.1 Å². The van der Waals surface area contributed by atoms with Crippen molar-refractivity contribution in [1.82, 2.24) is 9.61 Å². The topological polar surface area (TPSA) is 72.4 Å². The standard InChI is InChI=1S/C22H26N4O/c1-14-6-8-15(9-7-14)16-11-18-20(25-19-5-4-10-22(19,2)3)17(21(23)27)12-24-26(18)13-16/h6-9,11-13,19,25H,4-5,10H2,1-3H3,(H2,23,27)/t19-/m1/s1. The molecule has 0 aliphatic heterocycles. The van der Waals surface area contributed by atoms with Crippen molar-refractivity contribution in [3.05, 3.63) is 53.9 Å². The Hall–Kier alpha value is -2.82. The molecular formula is C22H26N4O. The highest BCUT2D eigenvalue weighted by Crippen LogP contribution is 2.40. The molecule has 1 fully saturated rings. The smallest absolute Gasteiger partial charge is 0.252 e. The molecule has 3 aromatic rings. The number of amides is 1. The number of aromatic nitrogens is 2. The Morgan fingerprint density at radius 2 is 2.00 bits per heavy atom. The van der Waals surface area contributed by atoms with Gasteiger partial charge in [-0.05, 0) is 36.8 Å². The van der Waals surface area contributed by atoms with E-state index in [4.69, 9.17) is 5.73 Å². The summed E-state index contributed by atoms with van der Waals surface area (Å²) in [5.74, 6) is -0.457. The maximum atomic E-state index is 12.0. The van der Waals surface area contributed by atoms with Gasteiger partial charge in [-0.3, -0.25) is 4.79 Å². The fourth-order valence-electron chi connectivity index (χ4n) is 4.07. The molecule has 1 amide bonds. The average molecular weight is 362 g/mol. The number of nitrogens with zero attached hydrogens (tertiary/aromatic N) is 2. The van der Waals surface area contributed by atoms with Crippen LogP contribution in [-0.4, -0.2) is 21.6 Å². The largest absolute Gasteiger partial charge is 0.379 e. The SMILES string of the molecule is Cc1ccc(-c2cc3c(N[C@@H]4CCCC4(C)C)c(C(N)=O)cnn3c2)cc1. The molecule has 1 saturated carbocycles. The van der Waals surface area contributed by atoms with Gasteiger partial charge in [0.05, 0.1) is 23.0 Å². The van der Waals surface area contributed by atoms with Crippen molar-refractivity contribution in [2.24, 2.45) is 11.1 Å². The van der Waals surface area contributed by atoms with Crippen LogP contribution in [0.3, 0.4) is 0 Å². The number of nitrogens with two attached hydrogens (primary N) is 1. The third kappa shape index (κ3) is 3.18. The van der Waals surface area contributed by atoms with E-state index in [1.165, 1.54) is 18.4 Å². The molecule has 0 saturated heterocycles. The summed E-state index contributed by atoms with van der Waals surface area (Å²) in [6.45, 7) is 6.62. The third-order valence-corrected chi connectivity index (χ3v) is 5.86. The second-order valence-corrected chi connectivity index (χ2v) is 8.30. The fraction of sp³-hybridized carbons (Fsp3) is 0.364. The number of carbonyl (C=O) groups is 1. The van der Waals surface area contributed by atoms with Gasteiger partial charge in [0.1, 0.15) is 0 Å². The molecule has 1 aromatic carbocycles. The van der Waals surface area contributed by atoms with Crippen molar-refractivity contribution >= 4 is 17.1 Å². The Balaban J connectivity index is 1.82. The van der Waals surface area contributed by atoms with Gasteiger partial charge in [-0.15, -0.1) is 0 Å². The number of benzene rings is 1. The van der Waals surface area contributed by atoms with Crippen molar-refractivity contribution in [3.8, 4) is 11.1 Å². The zero-order valence-electron chi connectivity index (χ0n) is 16.1. The van der Waals surface area contributed by atoms with Crippen LogP contribution in [-0.2, 0) is 0 Å². The predicted molar refractivity (Wildman–Crippen MR) is 109 cm³/mol. The normalized spacial score (nSPS) is 18.7. The van der Waals surface area contributed by atoms with Crippen molar-refractivity contribution in [2.75, 3.05) is 5.32 Å². The summed E-state index contributed by atoms with van der Waals surface area (Å²) in [7, 11) is 0. The lowest BCUT2D eigenvalue weighted by Crippen LogP contribution is -2.32. The molecule has 140 valence electrons. The van der Waals surface area contributed by atoms with Crippen molar-refractivity contribution in [3.63, 3.8) is 0 Å². The van der Waals surface area contributed by atoms with Gasteiger partial charge in [0.2, 0.25) is 0 Å². The van der Waals surface area contributed by atoms with E-state index < -0.39 is 5.91 Å². The van der Waals surface area contributed by atoms with E-state index in [2.05, 4.69) is 61.5 Å². The first-order valence-corrected chi connectivity index (χ1v) is 9.50. The highest BCUT2D eigenvalue weighted by molar-refractivity contribution is 6.02. The summed E-state index contributed by atoms with van der Waals surface area (Å²) >= 11 is 0. The molecule has 1 aliphatic rings. The highest BCUT2D eigenvalue weighted by Gasteiger charge is 2.35. The number of anilines is 1. The van der Waals surface area contributed by atoms with Gasteiger partial charge in [0.25, 0.3) is 5.91 Å². The molecule has 0 spiro atoms. The van der Waals surface area contributed by atoms with Crippen LogP contribution >= 0.6 is 0 Å². The number of carbonyl (C=O) groups excluding carboxylic acids is 1. The van der Waals surface area contributed by atoms with Crippen LogP contribution in [0.25, 0.3) is 16.6 Å². The average Bonchev–Trinajstić information content (AvgIpc) is 3.19. The van der Waals surface area contributed by atoms with Crippen LogP contribution in [0, 0.1) is 12.3 Å². The Bertz CT molecular complexity index is 1000. The van der Waals surface area contributed by atoms with E-state index in [0.717, 1.165) is 28.8 Å². The van der Waals surface area contributed by atoms with E-state index >= 15 is 0 Å². The number of nitrogens with one attached hydrogen (secondary N) is 1. The van der Waals surface area contributed by atoms with E-state index in [9.17, 15) is 4.79 Å². The molecular weight excluding hydrogens is 336 g/mol. The van der Waals surface area contributed by atoms with E-state index in [0.29, 0.717) is 11.6 Å². The Kier molecular flexibility index (Phi) is 4.17. The van der Waals surface area contributed by atoms with Crippen LogP contribution in [0.5, 0.6) is 0 Å². The molecule has 1 aliphatic carbocycles.